The van der Waals surface area contributed by atoms with E-state index in [1.165, 1.54) is 0 Å². The SMILES string of the molecule is Cc1cc(NC(C)(CO)C2CC2)n2c(nc3ccccc32)c1C#N. The van der Waals surface area contributed by atoms with E-state index in [0.29, 0.717) is 17.1 Å². The van der Waals surface area contributed by atoms with Gasteiger partial charge in [0.2, 0.25) is 0 Å². The number of aliphatic hydroxyl groups is 1. The van der Waals surface area contributed by atoms with Gasteiger partial charge in [-0.1, -0.05) is 12.1 Å². The molecule has 1 aliphatic carbocycles. The van der Waals surface area contributed by atoms with Crippen molar-refractivity contribution in [2.45, 2.75) is 32.2 Å². The normalized spacial score (nSPS) is 16.9. The van der Waals surface area contributed by atoms with Crippen LogP contribution in [0.1, 0.15) is 30.9 Å². The summed E-state index contributed by atoms with van der Waals surface area (Å²) in [7, 11) is 0. The number of aryl methyl sites for hydroxylation is 1. The second-order valence-electron chi connectivity index (χ2n) is 6.93. The Labute approximate surface area is 140 Å². The lowest BCUT2D eigenvalue weighted by Crippen LogP contribution is -2.41. The van der Waals surface area contributed by atoms with Gasteiger partial charge >= 0.3 is 0 Å². The summed E-state index contributed by atoms with van der Waals surface area (Å²) in [6, 6.07) is 12.1. The van der Waals surface area contributed by atoms with Crippen molar-refractivity contribution < 1.29 is 5.11 Å². The Balaban J connectivity index is 1.99. The first kappa shape index (κ1) is 15.0. The van der Waals surface area contributed by atoms with Crippen LogP contribution < -0.4 is 5.32 Å². The van der Waals surface area contributed by atoms with Gasteiger partial charge < -0.3 is 10.4 Å². The highest BCUT2D eigenvalue weighted by Crippen LogP contribution is 2.41. The number of aromatic nitrogens is 2. The van der Waals surface area contributed by atoms with Crippen LogP contribution in [0.25, 0.3) is 16.7 Å². The molecule has 2 heterocycles. The lowest BCUT2D eigenvalue weighted by molar-refractivity contribution is 0.205. The number of para-hydroxylation sites is 2. The van der Waals surface area contributed by atoms with Gasteiger partial charge in [-0.15, -0.1) is 0 Å². The first-order valence-corrected chi connectivity index (χ1v) is 8.27. The van der Waals surface area contributed by atoms with Crippen molar-refractivity contribution in [3.8, 4) is 6.07 Å². The summed E-state index contributed by atoms with van der Waals surface area (Å²) in [5.41, 5.74) is 3.60. The summed E-state index contributed by atoms with van der Waals surface area (Å²) in [6.07, 6.45) is 2.26. The average Bonchev–Trinajstić information content (AvgIpc) is 3.36. The molecule has 0 spiro atoms. The van der Waals surface area contributed by atoms with E-state index in [1.54, 1.807) is 0 Å². The highest BCUT2D eigenvalue weighted by molar-refractivity contribution is 5.85. The zero-order valence-electron chi connectivity index (χ0n) is 13.9. The fourth-order valence-electron chi connectivity index (χ4n) is 3.47. The molecule has 24 heavy (non-hydrogen) atoms. The van der Waals surface area contributed by atoms with Gasteiger partial charge in [-0.25, -0.2) is 4.98 Å². The van der Waals surface area contributed by atoms with Crippen LogP contribution >= 0.6 is 0 Å². The number of aliphatic hydroxyl groups excluding tert-OH is 1. The maximum Gasteiger partial charge on any atom is 0.157 e. The summed E-state index contributed by atoms with van der Waals surface area (Å²) >= 11 is 0. The molecular formula is C19H20N4O. The molecule has 0 aliphatic heterocycles. The molecule has 1 aromatic carbocycles. The van der Waals surface area contributed by atoms with Crippen molar-refractivity contribution in [1.29, 1.82) is 5.26 Å². The van der Waals surface area contributed by atoms with Crippen molar-refractivity contribution in [2.24, 2.45) is 5.92 Å². The molecule has 0 amide bonds. The van der Waals surface area contributed by atoms with Crippen molar-refractivity contribution in [3.63, 3.8) is 0 Å². The van der Waals surface area contributed by atoms with E-state index >= 15 is 0 Å². The smallest absolute Gasteiger partial charge is 0.157 e. The minimum Gasteiger partial charge on any atom is -0.394 e. The van der Waals surface area contributed by atoms with Crippen LogP contribution in [0.3, 0.4) is 0 Å². The van der Waals surface area contributed by atoms with Crippen LogP contribution in [0.4, 0.5) is 5.82 Å². The van der Waals surface area contributed by atoms with Gasteiger partial charge in [0, 0.05) is 0 Å². The van der Waals surface area contributed by atoms with Crippen LogP contribution in [0, 0.1) is 24.2 Å². The van der Waals surface area contributed by atoms with E-state index in [4.69, 9.17) is 0 Å². The number of anilines is 1. The molecular weight excluding hydrogens is 300 g/mol. The molecule has 0 bridgehead atoms. The van der Waals surface area contributed by atoms with E-state index in [0.717, 1.165) is 35.3 Å². The largest absolute Gasteiger partial charge is 0.394 e. The predicted molar refractivity (Wildman–Crippen MR) is 94.0 cm³/mol. The molecule has 122 valence electrons. The molecule has 1 fully saturated rings. The third-order valence-electron chi connectivity index (χ3n) is 5.11. The monoisotopic (exact) mass is 320 g/mol. The van der Waals surface area contributed by atoms with E-state index < -0.39 is 0 Å². The Hall–Kier alpha value is -2.58. The number of nitrogens with zero attached hydrogens (tertiary/aromatic N) is 3. The fourth-order valence-corrected chi connectivity index (χ4v) is 3.47. The second-order valence-corrected chi connectivity index (χ2v) is 6.93. The fraction of sp³-hybridized carbons (Fsp3) is 0.368. The Morgan fingerprint density at radius 1 is 1.42 bits per heavy atom. The average molecular weight is 320 g/mol. The molecule has 5 nitrogen and oxygen atoms in total. The van der Waals surface area contributed by atoms with Gasteiger partial charge in [0.1, 0.15) is 11.9 Å². The molecule has 0 radical (unpaired) electrons. The summed E-state index contributed by atoms with van der Waals surface area (Å²) in [5, 5.41) is 23.0. The zero-order valence-corrected chi connectivity index (χ0v) is 13.9. The zero-order chi connectivity index (χ0) is 16.9. The van der Waals surface area contributed by atoms with Gasteiger partial charge in [-0.2, -0.15) is 5.26 Å². The van der Waals surface area contributed by atoms with E-state index in [1.807, 2.05) is 41.7 Å². The second kappa shape index (κ2) is 5.22. The Morgan fingerprint density at radius 3 is 2.83 bits per heavy atom. The molecule has 0 saturated heterocycles. The topological polar surface area (TPSA) is 73.3 Å². The molecule has 1 aliphatic rings. The van der Waals surface area contributed by atoms with Gasteiger partial charge in [-0.3, -0.25) is 4.40 Å². The number of rotatable bonds is 4. The van der Waals surface area contributed by atoms with Crippen LogP contribution in [-0.4, -0.2) is 26.6 Å². The molecule has 3 aromatic rings. The molecule has 1 unspecified atom stereocenters. The van der Waals surface area contributed by atoms with Crippen LogP contribution in [-0.2, 0) is 0 Å². The third-order valence-corrected chi connectivity index (χ3v) is 5.11. The quantitative estimate of drug-likeness (QED) is 0.774. The van der Waals surface area contributed by atoms with Crippen molar-refractivity contribution >= 4 is 22.5 Å². The van der Waals surface area contributed by atoms with Crippen molar-refractivity contribution in [1.82, 2.24) is 9.38 Å². The van der Waals surface area contributed by atoms with Gasteiger partial charge in [0.05, 0.1) is 28.7 Å². The maximum atomic E-state index is 9.92. The lowest BCUT2D eigenvalue weighted by atomic mass is 9.97. The van der Waals surface area contributed by atoms with Crippen LogP contribution in [0.5, 0.6) is 0 Å². The Kier molecular flexibility index (Phi) is 3.26. The number of nitrogens with one attached hydrogen (secondary N) is 1. The molecule has 5 heteroatoms. The summed E-state index contributed by atoms with van der Waals surface area (Å²) in [4.78, 5) is 4.66. The number of hydrogen-bond acceptors (Lipinski definition) is 4. The number of nitriles is 1. The highest BCUT2D eigenvalue weighted by atomic mass is 16.3. The summed E-state index contributed by atoms with van der Waals surface area (Å²) < 4.78 is 2.00. The molecule has 4 rings (SSSR count). The number of pyridine rings is 1. The number of hydrogen-bond donors (Lipinski definition) is 2. The predicted octanol–water partition coefficient (Wildman–Crippen LogP) is 3.24. The minimum atomic E-state index is -0.362. The van der Waals surface area contributed by atoms with E-state index in [2.05, 4.69) is 23.3 Å². The standard InChI is InChI=1S/C19H20N4O/c1-12-9-17(22-19(2,11-24)13-7-8-13)23-16-6-4-3-5-15(16)21-18(23)14(12)10-20/h3-6,9,13,22,24H,7-8,11H2,1-2H3. The van der Waals surface area contributed by atoms with Crippen LogP contribution in [0.15, 0.2) is 30.3 Å². The number of fused-ring (bicyclic) bond motifs is 3. The summed E-state index contributed by atoms with van der Waals surface area (Å²) in [5.74, 6) is 1.35. The Morgan fingerprint density at radius 2 is 2.17 bits per heavy atom. The molecule has 2 N–H and O–H groups in total. The maximum absolute atomic E-state index is 9.92. The third kappa shape index (κ3) is 2.15. The first-order valence-electron chi connectivity index (χ1n) is 8.27. The number of benzene rings is 1. The molecule has 2 aromatic heterocycles. The van der Waals surface area contributed by atoms with Gasteiger partial charge in [0.25, 0.3) is 0 Å². The molecule has 1 atom stereocenters. The van der Waals surface area contributed by atoms with Crippen molar-refractivity contribution in [2.75, 3.05) is 11.9 Å². The van der Waals surface area contributed by atoms with Gasteiger partial charge in [-0.05, 0) is 56.4 Å². The lowest BCUT2D eigenvalue weighted by Gasteiger charge is -2.30. The Bertz CT molecular complexity index is 980. The number of imidazole rings is 1. The first-order chi connectivity index (χ1) is 11.6. The van der Waals surface area contributed by atoms with E-state index in [-0.39, 0.29) is 12.1 Å². The highest BCUT2D eigenvalue weighted by Gasteiger charge is 2.41. The summed E-state index contributed by atoms with van der Waals surface area (Å²) in [6.45, 7) is 4.06. The van der Waals surface area contributed by atoms with Crippen molar-refractivity contribution in [3.05, 3.63) is 41.5 Å². The minimum absolute atomic E-state index is 0.0742. The van der Waals surface area contributed by atoms with Gasteiger partial charge in [0.15, 0.2) is 5.65 Å². The van der Waals surface area contributed by atoms with Crippen LogP contribution in [0.2, 0.25) is 0 Å². The van der Waals surface area contributed by atoms with E-state index in [9.17, 15) is 10.4 Å². The molecule has 1 saturated carbocycles.